The minimum atomic E-state index is 0. The van der Waals surface area contributed by atoms with Gasteiger partial charge in [0, 0.05) is 0 Å². The van der Waals surface area contributed by atoms with Crippen molar-refractivity contribution in [2.24, 2.45) is 11.8 Å². The van der Waals surface area contributed by atoms with E-state index in [1.54, 1.807) is 0 Å². The van der Waals surface area contributed by atoms with Crippen LogP contribution in [0.5, 0.6) is 0 Å². The molecule has 0 saturated heterocycles. The molecule has 0 heterocycles. The van der Waals surface area contributed by atoms with E-state index in [0.29, 0.717) is 0 Å². The molecule has 0 N–H and O–H groups in total. The molecule has 60 valence electrons. The molecule has 1 aliphatic carbocycles. The second kappa shape index (κ2) is 6.15. The average molecular weight is 146 g/mol. The van der Waals surface area contributed by atoms with E-state index in [1.165, 1.54) is 32.1 Å². The minimum Gasteiger partial charge on any atom is -0.325 e. The normalized spacial score (nSPS) is 24.8. The zero-order valence-corrected chi connectivity index (χ0v) is 8.27. The van der Waals surface area contributed by atoms with Crippen LogP contribution in [0.4, 0.5) is 0 Å². The topological polar surface area (TPSA) is 0 Å². The predicted molar refractivity (Wildman–Crippen MR) is 45.7 cm³/mol. The fourth-order valence-electron chi connectivity index (χ4n) is 1.84. The summed E-state index contributed by atoms with van der Waals surface area (Å²) in [6.07, 6.45) is 9.68. The van der Waals surface area contributed by atoms with Gasteiger partial charge in [-0.2, -0.15) is 12.3 Å². The fourth-order valence-corrected chi connectivity index (χ4v) is 1.84. The van der Waals surface area contributed by atoms with Crippen LogP contribution in [0.1, 0.15) is 46.0 Å². The van der Waals surface area contributed by atoms with Crippen molar-refractivity contribution in [2.45, 2.75) is 46.0 Å². The predicted octanol–water partition coefficient (Wildman–Crippen LogP) is 0.431. The summed E-state index contributed by atoms with van der Waals surface area (Å²) < 4.78 is 0. The van der Waals surface area contributed by atoms with Crippen LogP contribution in [0.25, 0.3) is 0 Å². The molecule has 1 heteroatoms. The molecule has 0 bridgehead atoms. The molecule has 1 unspecified atom stereocenters. The first kappa shape index (κ1) is 11.6. The van der Waals surface area contributed by atoms with Gasteiger partial charge in [0.15, 0.2) is 0 Å². The second-order valence-electron chi connectivity index (χ2n) is 3.91. The molecule has 1 aliphatic rings. The molecule has 0 nitrogen and oxygen atoms in total. The van der Waals surface area contributed by atoms with E-state index in [9.17, 15) is 0 Å². The Hall–Kier alpha value is 0.597. The van der Waals surface area contributed by atoms with Crippen molar-refractivity contribution < 1.29 is 18.9 Å². The van der Waals surface area contributed by atoms with E-state index in [2.05, 4.69) is 20.3 Å². The zero-order chi connectivity index (χ0) is 7.40. The molecule has 11 heavy (non-hydrogen) atoms. The summed E-state index contributed by atoms with van der Waals surface area (Å²) in [5.41, 5.74) is 0. The molecule has 1 rings (SSSR count). The number of rotatable bonds is 2. The van der Waals surface area contributed by atoms with Crippen LogP contribution in [0, 0.1) is 18.3 Å². The molecule has 0 aromatic heterocycles. The first-order valence-corrected chi connectivity index (χ1v) is 4.62. The Morgan fingerprint density at radius 3 is 2.55 bits per heavy atom. The third-order valence-corrected chi connectivity index (χ3v) is 2.30. The Morgan fingerprint density at radius 2 is 2.09 bits per heavy atom. The second-order valence-corrected chi connectivity index (χ2v) is 3.91. The van der Waals surface area contributed by atoms with E-state index in [-0.39, 0.29) is 18.9 Å². The largest absolute Gasteiger partial charge is 1.00 e. The molecule has 0 aliphatic heterocycles. The van der Waals surface area contributed by atoms with Crippen LogP contribution in [0.2, 0.25) is 0 Å². The maximum Gasteiger partial charge on any atom is 1.00 e. The summed E-state index contributed by atoms with van der Waals surface area (Å²) in [6.45, 7) is 4.64. The van der Waals surface area contributed by atoms with Crippen LogP contribution in [-0.2, 0) is 0 Å². The van der Waals surface area contributed by atoms with Gasteiger partial charge >= 0.3 is 18.9 Å². The van der Waals surface area contributed by atoms with Crippen molar-refractivity contribution in [1.82, 2.24) is 0 Å². The van der Waals surface area contributed by atoms with Crippen molar-refractivity contribution >= 4 is 0 Å². The maximum atomic E-state index is 2.53. The molecule has 1 atom stereocenters. The Labute approximate surface area is 83.3 Å². The van der Waals surface area contributed by atoms with E-state index in [1.807, 2.05) is 0 Å². The first-order chi connectivity index (χ1) is 4.79. The van der Waals surface area contributed by atoms with Crippen LogP contribution >= 0.6 is 0 Å². The smallest absolute Gasteiger partial charge is 0.325 e. The molecule has 1 saturated carbocycles. The van der Waals surface area contributed by atoms with Crippen molar-refractivity contribution in [1.29, 1.82) is 0 Å². The van der Waals surface area contributed by atoms with Gasteiger partial charge in [0.25, 0.3) is 0 Å². The van der Waals surface area contributed by atoms with Crippen LogP contribution in [-0.4, -0.2) is 0 Å². The van der Waals surface area contributed by atoms with Crippen LogP contribution < -0.4 is 18.9 Å². The molecular weight excluding hydrogens is 127 g/mol. The minimum absolute atomic E-state index is 0. The third-order valence-electron chi connectivity index (χ3n) is 2.30. The van der Waals surface area contributed by atoms with E-state index in [0.717, 1.165) is 11.8 Å². The standard InChI is InChI=1S/C10H19.Li/c1-9(2)8-10-6-4-3-5-7-10;/h6,9-10H,3-5,7-8H2,1-2H3;/q-1;+1. The quantitative estimate of drug-likeness (QED) is 0.391. The fraction of sp³-hybridized carbons (Fsp3) is 0.900. The summed E-state index contributed by atoms with van der Waals surface area (Å²) >= 11 is 0. The summed E-state index contributed by atoms with van der Waals surface area (Å²) in [5, 5.41) is 0. The molecule has 0 radical (unpaired) electrons. The zero-order valence-electron chi connectivity index (χ0n) is 8.27. The number of hydrogen-bond acceptors (Lipinski definition) is 0. The van der Waals surface area contributed by atoms with Crippen molar-refractivity contribution in [3.8, 4) is 0 Å². The average Bonchev–Trinajstić information content (AvgIpc) is 1.88. The molecule has 0 amide bonds. The Kier molecular flexibility index (Phi) is 6.49. The first-order valence-electron chi connectivity index (χ1n) is 4.62. The summed E-state index contributed by atoms with van der Waals surface area (Å²) in [5.74, 6) is 1.84. The SMILES string of the molecule is CC(C)CC1[CH-]CCCC1.[Li+]. The van der Waals surface area contributed by atoms with Gasteiger partial charge in [0.1, 0.15) is 0 Å². The maximum absolute atomic E-state index is 2.53. The Balaban J connectivity index is 0.000001000. The van der Waals surface area contributed by atoms with Gasteiger partial charge in [-0.15, -0.1) is 0 Å². The molecule has 0 aromatic rings. The molecule has 1 fully saturated rings. The molecule has 0 spiro atoms. The van der Waals surface area contributed by atoms with Crippen LogP contribution in [0.3, 0.4) is 0 Å². The monoisotopic (exact) mass is 146 g/mol. The van der Waals surface area contributed by atoms with Crippen molar-refractivity contribution in [2.75, 3.05) is 0 Å². The van der Waals surface area contributed by atoms with Gasteiger partial charge in [-0.05, 0) is 5.92 Å². The van der Waals surface area contributed by atoms with Gasteiger partial charge in [0.05, 0.1) is 0 Å². The van der Waals surface area contributed by atoms with Crippen molar-refractivity contribution in [3.05, 3.63) is 6.42 Å². The van der Waals surface area contributed by atoms with Gasteiger partial charge in [-0.25, -0.2) is 0 Å². The van der Waals surface area contributed by atoms with Gasteiger partial charge in [-0.1, -0.05) is 39.5 Å². The van der Waals surface area contributed by atoms with E-state index >= 15 is 0 Å². The Bertz CT molecular complexity index is 82.9. The summed E-state index contributed by atoms with van der Waals surface area (Å²) in [7, 11) is 0. The summed E-state index contributed by atoms with van der Waals surface area (Å²) in [6, 6.07) is 0. The van der Waals surface area contributed by atoms with Crippen LogP contribution in [0.15, 0.2) is 0 Å². The molecule has 0 aromatic carbocycles. The Morgan fingerprint density at radius 1 is 1.36 bits per heavy atom. The molecular formula is C10H19Li. The van der Waals surface area contributed by atoms with Gasteiger partial charge < -0.3 is 6.42 Å². The number of hydrogen-bond donors (Lipinski definition) is 0. The van der Waals surface area contributed by atoms with E-state index in [4.69, 9.17) is 0 Å². The van der Waals surface area contributed by atoms with Gasteiger partial charge in [0.2, 0.25) is 0 Å². The third kappa shape index (κ3) is 4.94. The van der Waals surface area contributed by atoms with Gasteiger partial charge in [-0.3, -0.25) is 0 Å². The summed E-state index contributed by atoms with van der Waals surface area (Å²) in [4.78, 5) is 0. The van der Waals surface area contributed by atoms with Crippen molar-refractivity contribution in [3.63, 3.8) is 0 Å². The van der Waals surface area contributed by atoms with E-state index < -0.39 is 0 Å².